The van der Waals surface area contributed by atoms with Crippen LogP contribution >= 0.6 is 0 Å². The zero-order valence-electron chi connectivity index (χ0n) is 13.7. The summed E-state index contributed by atoms with van der Waals surface area (Å²) in [6, 6.07) is 9.86. The van der Waals surface area contributed by atoms with E-state index in [2.05, 4.69) is 16.7 Å². The standard InChI is InChI=1S/C18H25N3O2/c1-2-19-11-18(12-19)13-20(9-15-8-16(22)10-21(15)18)17(23)14-6-4-3-5-7-14/h3-7,15-16,22H,2,8-13H2,1H3/t15-,16+/m0/s1. The topological polar surface area (TPSA) is 47.0 Å². The highest BCUT2D eigenvalue weighted by molar-refractivity contribution is 5.94. The number of fused-ring (bicyclic) bond motifs is 2. The van der Waals surface area contributed by atoms with Crippen molar-refractivity contribution in [3.05, 3.63) is 35.9 Å². The first-order valence-corrected chi connectivity index (χ1v) is 8.63. The second kappa shape index (κ2) is 5.58. The maximum atomic E-state index is 12.9. The maximum absolute atomic E-state index is 12.9. The fraction of sp³-hybridized carbons (Fsp3) is 0.611. The number of hydrogen-bond acceptors (Lipinski definition) is 4. The molecule has 0 aromatic heterocycles. The van der Waals surface area contributed by atoms with Gasteiger partial charge in [0.25, 0.3) is 5.91 Å². The van der Waals surface area contributed by atoms with Crippen LogP contribution in [0.5, 0.6) is 0 Å². The Morgan fingerprint density at radius 1 is 1.22 bits per heavy atom. The molecule has 5 heteroatoms. The number of piperazine rings is 1. The molecule has 1 spiro atoms. The van der Waals surface area contributed by atoms with Crippen molar-refractivity contribution in [2.75, 3.05) is 39.3 Å². The van der Waals surface area contributed by atoms with Gasteiger partial charge in [-0.1, -0.05) is 25.1 Å². The number of β-amino-alcohol motifs (C(OH)–C–C–N with tert-alkyl or cyclic N) is 1. The van der Waals surface area contributed by atoms with Gasteiger partial charge in [0.2, 0.25) is 0 Å². The van der Waals surface area contributed by atoms with Gasteiger partial charge in [-0.25, -0.2) is 0 Å². The smallest absolute Gasteiger partial charge is 0.253 e. The Morgan fingerprint density at radius 2 is 1.96 bits per heavy atom. The monoisotopic (exact) mass is 315 g/mol. The molecule has 0 saturated carbocycles. The predicted octanol–water partition coefficient (Wildman–Crippen LogP) is 0.652. The molecule has 3 fully saturated rings. The highest BCUT2D eigenvalue weighted by Crippen LogP contribution is 2.39. The number of aliphatic hydroxyl groups is 1. The summed E-state index contributed by atoms with van der Waals surface area (Å²) in [6.45, 7) is 7.51. The van der Waals surface area contributed by atoms with E-state index in [1.807, 2.05) is 35.2 Å². The third kappa shape index (κ3) is 2.47. The van der Waals surface area contributed by atoms with Crippen LogP contribution in [0.25, 0.3) is 0 Å². The molecule has 4 rings (SSSR count). The summed E-state index contributed by atoms with van der Waals surface area (Å²) in [5, 5.41) is 10.1. The zero-order chi connectivity index (χ0) is 16.0. The SMILES string of the molecule is CCN1CC2(C1)CN(C(=O)c1ccccc1)C[C@@H]1C[C@@H](O)CN12. The molecule has 23 heavy (non-hydrogen) atoms. The lowest BCUT2D eigenvalue weighted by atomic mass is 9.83. The molecule has 1 aromatic rings. The number of amides is 1. The van der Waals surface area contributed by atoms with Crippen molar-refractivity contribution in [1.29, 1.82) is 0 Å². The van der Waals surface area contributed by atoms with Gasteiger partial charge in [0.05, 0.1) is 11.6 Å². The number of likely N-dealkylation sites (tertiary alicyclic amines) is 1. The maximum Gasteiger partial charge on any atom is 0.253 e. The van der Waals surface area contributed by atoms with Crippen LogP contribution < -0.4 is 0 Å². The summed E-state index contributed by atoms with van der Waals surface area (Å²) in [5.74, 6) is 0.126. The summed E-state index contributed by atoms with van der Waals surface area (Å²) < 4.78 is 0. The van der Waals surface area contributed by atoms with Gasteiger partial charge < -0.3 is 10.0 Å². The molecule has 3 saturated heterocycles. The van der Waals surface area contributed by atoms with E-state index in [0.717, 1.165) is 51.3 Å². The largest absolute Gasteiger partial charge is 0.392 e. The van der Waals surface area contributed by atoms with Gasteiger partial charge >= 0.3 is 0 Å². The average Bonchev–Trinajstić information content (AvgIpc) is 2.92. The molecule has 2 atom stereocenters. The average molecular weight is 315 g/mol. The van der Waals surface area contributed by atoms with E-state index in [1.165, 1.54) is 0 Å². The second-order valence-corrected chi connectivity index (χ2v) is 7.28. The van der Waals surface area contributed by atoms with E-state index >= 15 is 0 Å². The highest BCUT2D eigenvalue weighted by Gasteiger charge is 2.56. The highest BCUT2D eigenvalue weighted by atomic mass is 16.3. The van der Waals surface area contributed by atoms with Crippen molar-refractivity contribution in [3.63, 3.8) is 0 Å². The lowest BCUT2D eigenvalue weighted by Crippen LogP contribution is -2.78. The number of benzene rings is 1. The first-order valence-electron chi connectivity index (χ1n) is 8.63. The molecule has 0 aliphatic carbocycles. The Morgan fingerprint density at radius 3 is 2.65 bits per heavy atom. The van der Waals surface area contributed by atoms with E-state index in [1.54, 1.807) is 0 Å². The van der Waals surface area contributed by atoms with Crippen molar-refractivity contribution in [2.45, 2.75) is 31.0 Å². The van der Waals surface area contributed by atoms with E-state index in [-0.39, 0.29) is 17.6 Å². The van der Waals surface area contributed by atoms with Crippen molar-refractivity contribution >= 4 is 5.91 Å². The van der Waals surface area contributed by atoms with Crippen LogP contribution in [0.3, 0.4) is 0 Å². The fourth-order valence-electron chi connectivity index (χ4n) is 4.62. The van der Waals surface area contributed by atoms with Crippen LogP contribution in [0.1, 0.15) is 23.7 Å². The van der Waals surface area contributed by atoms with E-state index < -0.39 is 0 Å². The molecule has 1 aromatic carbocycles. The van der Waals surface area contributed by atoms with Crippen LogP contribution in [-0.2, 0) is 0 Å². The van der Waals surface area contributed by atoms with Gasteiger partial charge in [-0.2, -0.15) is 0 Å². The van der Waals surface area contributed by atoms with Crippen LogP contribution in [0, 0.1) is 0 Å². The number of rotatable bonds is 2. The van der Waals surface area contributed by atoms with Gasteiger partial charge in [0, 0.05) is 44.3 Å². The van der Waals surface area contributed by atoms with Crippen molar-refractivity contribution in [3.8, 4) is 0 Å². The van der Waals surface area contributed by atoms with Gasteiger partial charge in [-0.15, -0.1) is 0 Å². The predicted molar refractivity (Wildman–Crippen MR) is 88.3 cm³/mol. The molecule has 3 heterocycles. The molecule has 5 nitrogen and oxygen atoms in total. The first-order chi connectivity index (χ1) is 11.1. The minimum Gasteiger partial charge on any atom is -0.392 e. The number of likely N-dealkylation sites (N-methyl/N-ethyl adjacent to an activating group) is 1. The number of carbonyl (C=O) groups excluding carboxylic acids is 1. The Bertz CT molecular complexity index is 585. The number of hydrogen-bond donors (Lipinski definition) is 1. The third-order valence-corrected chi connectivity index (χ3v) is 5.71. The normalized spacial score (nSPS) is 30.3. The summed E-state index contributed by atoms with van der Waals surface area (Å²) in [7, 11) is 0. The number of nitrogens with zero attached hydrogens (tertiary/aromatic N) is 3. The van der Waals surface area contributed by atoms with Crippen LogP contribution in [0.4, 0.5) is 0 Å². The van der Waals surface area contributed by atoms with Crippen LogP contribution in [-0.4, -0.2) is 82.7 Å². The van der Waals surface area contributed by atoms with Crippen LogP contribution in [0.15, 0.2) is 30.3 Å². The van der Waals surface area contributed by atoms with Crippen molar-refractivity contribution in [1.82, 2.24) is 14.7 Å². The summed E-state index contributed by atoms with van der Waals surface area (Å²) in [6.07, 6.45) is 0.534. The molecule has 3 aliphatic rings. The fourth-order valence-corrected chi connectivity index (χ4v) is 4.62. The molecule has 0 bridgehead atoms. The van der Waals surface area contributed by atoms with E-state index in [0.29, 0.717) is 6.04 Å². The minimum atomic E-state index is -0.251. The van der Waals surface area contributed by atoms with Crippen molar-refractivity contribution in [2.24, 2.45) is 0 Å². The minimum absolute atomic E-state index is 0.0425. The van der Waals surface area contributed by atoms with Gasteiger partial charge in [-0.3, -0.25) is 14.6 Å². The first kappa shape index (κ1) is 15.1. The quantitative estimate of drug-likeness (QED) is 0.871. The van der Waals surface area contributed by atoms with Crippen molar-refractivity contribution < 1.29 is 9.90 Å². The number of carbonyl (C=O) groups is 1. The van der Waals surface area contributed by atoms with Gasteiger partial charge in [0.1, 0.15) is 0 Å². The lowest BCUT2D eigenvalue weighted by Gasteiger charge is -2.61. The summed E-state index contributed by atoms with van der Waals surface area (Å²) in [4.78, 5) is 19.8. The van der Waals surface area contributed by atoms with E-state index in [4.69, 9.17) is 0 Å². The Kier molecular flexibility index (Phi) is 3.67. The van der Waals surface area contributed by atoms with E-state index in [9.17, 15) is 9.90 Å². The molecule has 1 N–H and O–H groups in total. The lowest BCUT2D eigenvalue weighted by molar-refractivity contribution is -0.103. The van der Waals surface area contributed by atoms with Crippen LogP contribution in [0.2, 0.25) is 0 Å². The Labute approximate surface area is 137 Å². The Hall–Kier alpha value is -1.43. The van der Waals surface area contributed by atoms with Gasteiger partial charge in [-0.05, 0) is 25.1 Å². The third-order valence-electron chi connectivity index (χ3n) is 5.71. The second-order valence-electron chi connectivity index (χ2n) is 7.28. The molecule has 0 unspecified atom stereocenters. The molecule has 3 aliphatic heterocycles. The zero-order valence-corrected chi connectivity index (χ0v) is 13.7. The molecular weight excluding hydrogens is 290 g/mol. The molecule has 1 amide bonds. The summed E-state index contributed by atoms with van der Waals surface area (Å²) in [5.41, 5.74) is 0.808. The molecular formula is C18H25N3O2. The number of aliphatic hydroxyl groups excluding tert-OH is 1. The molecule has 124 valence electrons. The van der Waals surface area contributed by atoms with Gasteiger partial charge in [0.15, 0.2) is 0 Å². The summed E-state index contributed by atoms with van der Waals surface area (Å²) >= 11 is 0. The molecule has 0 radical (unpaired) electrons. The Balaban J connectivity index is 1.57.